The smallest absolute Gasteiger partial charge is 0.336 e. The summed E-state index contributed by atoms with van der Waals surface area (Å²) >= 11 is 0. The molecule has 0 amide bonds. The summed E-state index contributed by atoms with van der Waals surface area (Å²) in [6.07, 6.45) is 3.21. The fraction of sp³-hybridized carbons (Fsp3) is 0.0909. The van der Waals surface area contributed by atoms with Crippen molar-refractivity contribution in [3.8, 4) is 6.07 Å². The van der Waals surface area contributed by atoms with Crippen LogP contribution < -0.4 is 0 Å². The number of carboxylic acids is 1. The second-order valence-corrected chi connectivity index (χ2v) is 2.80. The molecule has 0 saturated carbocycles. The van der Waals surface area contributed by atoms with Gasteiger partial charge in [-0.3, -0.25) is 0 Å². The van der Waals surface area contributed by atoms with Gasteiger partial charge in [0.2, 0.25) is 0 Å². The van der Waals surface area contributed by atoms with Crippen molar-refractivity contribution in [2.45, 2.75) is 6.42 Å². The molecule has 0 bridgehead atoms. The first-order valence-electron chi connectivity index (χ1n) is 4.21. The van der Waals surface area contributed by atoms with E-state index in [1.54, 1.807) is 0 Å². The molecule has 0 fully saturated rings. The summed E-state index contributed by atoms with van der Waals surface area (Å²) in [4.78, 5) is 10.7. The van der Waals surface area contributed by atoms with Crippen LogP contribution in [0.2, 0.25) is 0 Å². The van der Waals surface area contributed by atoms with Gasteiger partial charge in [-0.2, -0.15) is 5.26 Å². The first-order valence-corrected chi connectivity index (χ1v) is 4.21. The Bertz CT molecular complexity index is 446. The molecule has 76 valence electrons. The zero-order valence-electron chi connectivity index (χ0n) is 7.77. The van der Waals surface area contributed by atoms with Crippen LogP contribution in [-0.2, 0) is 0 Å². The first kappa shape index (κ1) is 10.9. The number of hydrogen-bond donors (Lipinski definition) is 1. The number of nitriles is 1. The molecule has 0 aromatic heterocycles. The molecule has 1 rings (SSSR count). The largest absolute Gasteiger partial charge is 0.478 e. The summed E-state index contributed by atoms with van der Waals surface area (Å²) in [6, 6.07) is 5.39. The number of nitrogens with zero attached hydrogens (tertiary/aromatic N) is 1. The Kier molecular flexibility index (Phi) is 3.58. The van der Waals surface area contributed by atoms with Gasteiger partial charge in [0, 0.05) is 0 Å². The fourth-order valence-corrected chi connectivity index (χ4v) is 1.10. The molecule has 0 saturated heterocycles. The molecule has 4 heteroatoms. The zero-order valence-corrected chi connectivity index (χ0v) is 7.77. The monoisotopic (exact) mass is 205 g/mol. The molecule has 0 spiro atoms. The number of aromatic carboxylic acids is 1. The van der Waals surface area contributed by atoms with Crippen molar-refractivity contribution in [2.24, 2.45) is 0 Å². The summed E-state index contributed by atoms with van der Waals surface area (Å²) in [5, 5.41) is 17.1. The number of halogens is 1. The Morgan fingerprint density at radius 2 is 2.33 bits per heavy atom. The van der Waals surface area contributed by atoms with Crippen molar-refractivity contribution >= 4 is 12.0 Å². The van der Waals surface area contributed by atoms with Gasteiger partial charge in [0.15, 0.2) is 0 Å². The average molecular weight is 205 g/mol. The van der Waals surface area contributed by atoms with Crippen molar-refractivity contribution in [3.05, 3.63) is 41.2 Å². The van der Waals surface area contributed by atoms with Crippen LogP contribution in [0.3, 0.4) is 0 Å². The van der Waals surface area contributed by atoms with E-state index in [9.17, 15) is 9.18 Å². The third-order valence-electron chi connectivity index (χ3n) is 1.75. The van der Waals surface area contributed by atoms with E-state index in [2.05, 4.69) is 0 Å². The Hall–Kier alpha value is -2.15. The van der Waals surface area contributed by atoms with Gasteiger partial charge >= 0.3 is 5.97 Å². The third kappa shape index (κ3) is 2.92. The molecule has 1 N–H and O–H groups in total. The molecule has 0 aliphatic heterocycles. The standard InChI is InChI=1S/C11H8FNO2/c12-9-5-4-8(3-1-2-6-13)10(7-9)11(14)15/h1,3-5,7H,2H2,(H,14,15). The Morgan fingerprint density at radius 1 is 1.60 bits per heavy atom. The van der Waals surface area contributed by atoms with Crippen molar-refractivity contribution in [2.75, 3.05) is 0 Å². The molecule has 0 aliphatic carbocycles. The lowest BCUT2D eigenvalue weighted by Crippen LogP contribution is -2.00. The van der Waals surface area contributed by atoms with E-state index < -0.39 is 11.8 Å². The van der Waals surface area contributed by atoms with E-state index in [1.165, 1.54) is 24.3 Å². The lowest BCUT2D eigenvalue weighted by atomic mass is 10.1. The summed E-state index contributed by atoms with van der Waals surface area (Å²) < 4.78 is 12.8. The molecule has 0 heterocycles. The maximum absolute atomic E-state index is 12.8. The molecule has 0 atom stereocenters. The molecule has 3 nitrogen and oxygen atoms in total. The average Bonchev–Trinajstić information content (AvgIpc) is 2.20. The van der Waals surface area contributed by atoms with E-state index in [1.807, 2.05) is 6.07 Å². The number of carbonyl (C=O) groups is 1. The van der Waals surface area contributed by atoms with Gasteiger partial charge in [0.25, 0.3) is 0 Å². The third-order valence-corrected chi connectivity index (χ3v) is 1.75. The zero-order chi connectivity index (χ0) is 11.3. The van der Waals surface area contributed by atoms with Crippen LogP contribution in [0.1, 0.15) is 22.3 Å². The lowest BCUT2D eigenvalue weighted by Gasteiger charge is -2.00. The SMILES string of the molecule is N#CCC=Cc1ccc(F)cc1C(=O)O. The quantitative estimate of drug-likeness (QED) is 0.824. The second kappa shape index (κ2) is 4.91. The van der Waals surface area contributed by atoms with Crippen LogP contribution in [0.5, 0.6) is 0 Å². The van der Waals surface area contributed by atoms with Gasteiger partial charge in [0.05, 0.1) is 18.1 Å². The Balaban J connectivity index is 3.07. The number of benzene rings is 1. The van der Waals surface area contributed by atoms with Gasteiger partial charge < -0.3 is 5.11 Å². The second-order valence-electron chi connectivity index (χ2n) is 2.80. The Labute approximate surface area is 86.1 Å². The van der Waals surface area contributed by atoms with Crippen LogP contribution in [0, 0.1) is 17.1 Å². The van der Waals surface area contributed by atoms with E-state index >= 15 is 0 Å². The molecule has 1 aromatic rings. The molecule has 0 radical (unpaired) electrons. The van der Waals surface area contributed by atoms with Crippen molar-refractivity contribution in [1.82, 2.24) is 0 Å². The normalized spacial score (nSPS) is 10.1. The number of rotatable bonds is 3. The van der Waals surface area contributed by atoms with Gasteiger partial charge in [-0.15, -0.1) is 0 Å². The number of hydrogen-bond acceptors (Lipinski definition) is 2. The van der Waals surface area contributed by atoms with Crippen molar-refractivity contribution in [3.63, 3.8) is 0 Å². The highest BCUT2D eigenvalue weighted by Crippen LogP contribution is 2.13. The summed E-state index contributed by atoms with van der Waals surface area (Å²) in [6.45, 7) is 0. The van der Waals surface area contributed by atoms with Crippen molar-refractivity contribution < 1.29 is 14.3 Å². The van der Waals surface area contributed by atoms with Gasteiger partial charge in [-0.25, -0.2) is 9.18 Å². The number of carboxylic acid groups (broad SMARTS) is 1. The maximum atomic E-state index is 12.8. The first-order chi connectivity index (χ1) is 7.15. The minimum absolute atomic E-state index is 0.107. The molecule has 1 aromatic carbocycles. The molecular weight excluding hydrogens is 197 g/mol. The minimum Gasteiger partial charge on any atom is -0.478 e. The van der Waals surface area contributed by atoms with Crippen LogP contribution >= 0.6 is 0 Å². The Morgan fingerprint density at radius 3 is 2.93 bits per heavy atom. The molecule has 0 aliphatic rings. The van der Waals surface area contributed by atoms with Gasteiger partial charge in [-0.05, 0) is 17.7 Å². The van der Waals surface area contributed by atoms with Crippen LogP contribution in [0.4, 0.5) is 4.39 Å². The molecule has 15 heavy (non-hydrogen) atoms. The summed E-state index contributed by atoms with van der Waals surface area (Å²) in [7, 11) is 0. The predicted octanol–water partition coefficient (Wildman–Crippen LogP) is 2.45. The highest BCUT2D eigenvalue weighted by Gasteiger charge is 2.08. The van der Waals surface area contributed by atoms with Crippen molar-refractivity contribution in [1.29, 1.82) is 5.26 Å². The number of allylic oxidation sites excluding steroid dienone is 1. The fourth-order valence-electron chi connectivity index (χ4n) is 1.10. The van der Waals surface area contributed by atoms with E-state index in [4.69, 9.17) is 10.4 Å². The summed E-state index contributed by atoms with van der Waals surface area (Å²) in [5.41, 5.74) is 0.281. The lowest BCUT2D eigenvalue weighted by molar-refractivity contribution is 0.0696. The van der Waals surface area contributed by atoms with E-state index in [0.717, 1.165) is 6.07 Å². The highest BCUT2D eigenvalue weighted by atomic mass is 19.1. The maximum Gasteiger partial charge on any atom is 0.336 e. The molecule has 0 unspecified atom stereocenters. The van der Waals surface area contributed by atoms with Gasteiger partial charge in [0.1, 0.15) is 5.82 Å². The molecular formula is C11H8FNO2. The predicted molar refractivity (Wildman–Crippen MR) is 52.6 cm³/mol. The van der Waals surface area contributed by atoms with E-state index in [0.29, 0.717) is 5.56 Å². The summed E-state index contributed by atoms with van der Waals surface area (Å²) in [5.74, 6) is -1.78. The highest BCUT2D eigenvalue weighted by molar-refractivity contribution is 5.92. The van der Waals surface area contributed by atoms with Crippen LogP contribution in [0.25, 0.3) is 6.08 Å². The van der Waals surface area contributed by atoms with Crippen LogP contribution in [0.15, 0.2) is 24.3 Å². The van der Waals surface area contributed by atoms with Gasteiger partial charge in [-0.1, -0.05) is 18.2 Å². The van der Waals surface area contributed by atoms with Crippen LogP contribution in [-0.4, -0.2) is 11.1 Å². The topological polar surface area (TPSA) is 61.1 Å². The van der Waals surface area contributed by atoms with E-state index in [-0.39, 0.29) is 12.0 Å². The minimum atomic E-state index is -1.19.